The number of amides is 2. The van der Waals surface area contributed by atoms with Crippen LogP contribution >= 0.6 is 11.3 Å². The third-order valence-corrected chi connectivity index (χ3v) is 7.29. The number of nitrogens with one attached hydrogen (secondary N) is 2. The highest BCUT2D eigenvalue weighted by Crippen LogP contribution is 2.24. The van der Waals surface area contributed by atoms with Crippen molar-refractivity contribution in [2.45, 2.75) is 30.7 Å². The number of carbonyl (C=O) groups is 2. The van der Waals surface area contributed by atoms with Crippen LogP contribution in [0.2, 0.25) is 0 Å². The van der Waals surface area contributed by atoms with E-state index in [0.29, 0.717) is 18.0 Å². The van der Waals surface area contributed by atoms with E-state index in [1.54, 1.807) is 18.5 Å². The smallest absolute Gasteiger partial charge is 0.248 e. The first kappa shape index (κ1) is 21.3. The number of carbonyl (C=O) groups excluding carboxylic acids is 2. The topological polar surface area (TPSA) is 108 Å². The van der Waals surface area contributed by atoms with Gasteiger partial charge < -0.3 is 10.6 Å². The standard InChI is InChI=1S/C18H21FN4O4S2/c1-12(16(24)22-18-20-8-11-28-18)21-17(25)13-6-9-23(10-7-13)29(26,27)15-4-2-14(19)3-5-15/h2-5,8,11-13H,6-7,9-10H2,1H3,(H,21,25)(H,20,22,24)/t12-/m0/s1. The fraction of sp³-hybridized carbons (Fsp3) is 0.389. The Kier molecular flexibility index (Phi) is 6.60. The molecule has 1 aromatic heterocycles. The number of hydrogen-bond acceptors (Lipinski definition) is 6. The lowest BCUT2D eigenvalue weighted by atomic mass is 9.97. The number of aromatic nitrogens is 1. The van der Waals surface area contributed by atoms with Crippen LogP contribution in [0.3, 0.4) is 0 Å². The van der Waals surface area contributed by atoms with Gasteiger partial charge in [-0.2, -0.15) is 4.31 Å². The third-order valence-electron chi connectivity index (χ3n) is 4.69. The first-order chi connectivity index (χ1) is 13.8. The highest BCUT2D eigenvalue weighted by Gasteiger charge is 2.33. The number of anilines is 1. The van der Waals surface area contributed by atoms with Gasteiger partial charge in [-0.05, 0) is 44.0 Å². The summed E-state index contributed by atoms with van der Waals surface area (Å²) in [6.07, 6.45) is 2.25. The van der Waals surface area contributed by atoms with Gasteiger partial charge in [-0.3, -0.25) is 9.59 Å². The number of nitrogens with zero attached hydrogens (tertiary/aromatic N) is 2. The third kappa shape index (κ3) is 5.17. The van der Waals surface area contributed by atoms with Crippen LogP contribution in [0.1, 0.15) is 19.8 Å². The lowest BCUT2D eigenvalue weighted by Crippen LogP contribution is -2.47. The Morgan fingerprint density at radius 1 is 1.24 bits per heavy atom. The Bertz CT molecular complexity index is 956. The van der Waals surface area contributed by atoms with Crippen LogP contribution in [0.5, 0.6) is 0 Å². The molecule has 1 aliphatic rings. The Morgan fingerprint density at radius 2 is 1.90 bits per heavy atom. The van der Waals surface area contributed by atoms with Crippen LogP contribution in [0.4, 0.5) is 9.52 Å². The summed E-state index contributed by atoms with van der Waals surface area (Å²) in [6.45, 7) is 1.93. The lowest BCUT2D eigenvalue weighted by Gasteiger charge is -2.31. The molecule has 0 radical (unpaired) electrons. The van der Waals surface area contributed by atoms with E-state index in [9.17, 15) is 22.4 Å². The van der Waals surface area contributed by atoms with Crippen LogP contribution in [-0.2, 0) is 19.6 Å². The molecule has 2 amide bonds. The quantitative estimate of drug-likeness (QED) is 0.712. The number of hydrogen-bond donors (Lipinski definition) is 2. The molecule has 2 N–H and O–H groups in total. The minimum atomic E-state index is -3.73. The molecule has 1 aliphatic heterocycles. The monoisotopic (exact) mass is 440 g/mol. The van der Waals surface area contributed by atoms with E-state index in [4.69, 9.17) is 0 Å². The molecular weight excluding hydrogens is 419 g/mol. The van der Waals surface area contributed by atoms with E-state index in [-0.39, 0.29) is 35.7 Å². The van der Waals surface area contributed by atoms with Crippen LogP contribution in [-0.4, -0.2) is 48.7 Å². The first-order valence-electron chi connectivity index (χ1n) is 9.04. The Balaban J connectivity index is 1.52. The Labute approximate surface area is 172 Å². The number of rotatable bonds is 6. The first-order valence-corrected chi connectivity index (χ1v) is 11.4. The zero-order valence-electron chi connectivity index (χ0n) is 15.7. The molecule has 0 unspecified atom stereocenters. The molecule has 1 atom stereocenters. The van der Waals surface area contributed by atoms with Crippen LogP contribution in [0, 0.1) is 11.7 Å². The van der Waals surface area contributed by atoms with Gasteiger partial charge in [0, 0.05) is 30.6 Å². The van der Waals surface area contributed by atoms with E-state index in [2.05, 4.69) is 15.6 Å². The van der Waals surface area contributed by atoms with Crippen molar-refractivity contribution in [1.29, 1.82) is 0 Å². The molecule has 11 heteroatoms. The lowest BCUT2D eigenvalue weighted by molar-refractivity contribution is -0.129. The highest BCUT2D eigenvalue weighted by atomic mass is 32.2. The van der Waals surface area contributed by atoms with E-state index < -0.39 is 21.9 Å². The fourth-order valence-corrected chi connectivity index (χ4v) is 5.01. The highest BCUT2D eigenvalue weighted by molar-refractivity contribution is 7.89. The molecule has 2 aromatic rings. The molecule has 0 bridgehead atoms. The second kappa shape index (κ2) is 8.97. The SMILES string of the molecule is C[C@H](NC(=O)C1CCN(S(=O)(=O)c2ccc(F)cc2)CC1)C(=O)Nc1nccs1. The van der Waals surface area contributed by atoms with Gasteiger partial charge >= 0.3 is 0 Å². The van der Waals surface area contributed by atoms with Gasteiger partial charge in [0.1, 0.15) is 11.9 Å². The van der Waals surface area contributed by atoms with Gasteiger partial charge in [0.05, 0.1) is 4.90 Å². The van der Waals surface area contributed by atoms with Crippen molar-refractivity contribution in [2.24, 2.45) is 5.92 Å². The van der Waals surface area contributed by atoms with E-state index in [0.717, 1.165) is 12.1 Å². The van der Waals surface area contributed by atoms with Crippen molar-refractivity contribution in [3.05, 3.63) is 41.7 Å². The average molecular weight is 441 g/mol. The fourth-order valence-electron chi connectivity index (χ4n) is 3.01. The minimum Gasteiger partial charge on any atom is -0.344 e. The van der Waals surface area contributed by atoms with Gasteiger partial charge in [-0.15, -0.1) is 11.3 Å². The maximum absolute atomic E-state index is 13.0. The second-order valence-electron chi connectivity index (χ2n) is 6.69. The van der Waals surface area contributed by atoms with Crippen LogP contribution in [0.25, 0.3) is 0 Å². The van der Waals surface area contributed by atoms with Gasteiger partial charge in [-0.1, -0.05) is 0 Å². The Hall–Kier alpha value is -2.37. The molecule has 1 fully saturated rings. The molecule has 8 nitrogen and oxygen atoms in total. The average Bonchev–Trinajstić information content (AvgIpc) is 3.21. The summed E-state index contributed by atoms with van der Waals surface area (Å²) in [6, 6.07) is 3.92. The van der Waals surface area contributed by atoms with E-state index in [1.165, 1.54) is 27.8 Å². The normalized spacial score (nSPS) is 16.9. The van der Waals surface area contributed by atoms with Crippen LogP contribution in [0.15, 0.2) is 40.7 Å². The molecule has 0 aliphatic carbocycles. The summed E-state index contributed by atoms with van der Waals surface area (Å²) >= 11 is 1.28. The van der Waals surface area contributed by atoms with Gasteiger partial charge in [0.25, 0.3) is 0 Å². The molecule has 0 saturated carbocycles. The molecular formula is C18H21FN4O4S2. The van der Waals surface area contributed by atoms with Gasteiger partial charge in [0.15, 0.2) is 5.13 Å². The zero-order valence-corrected chi connectivity index (χ0v) is 17.3. The molecule has 3 rings (SSSR count). The van der Waals surface area contributed by atoms with Crippen molar-refractivity contribution in [3.8, 4) is 0 Å². The largest absolute Gasteiger partial charge is 0.344 e. The molecule has 2 heterocycles. The predicted molar refractivity (Wildman–Crippen MR) is 106 cm³/mol. The number of piperidine rings is 1. The van der Waals surface area contributed by atoms with Crippen molar-refractivity contribution >= 4 is 38.3 Å². The van der Waals surface area contributed by atoms with E-state index >= 15 is 0 Å². The van der Waals surface area contributed by atoms with E-state index in [1.807, 2.05) is 0 Å². The second-order valence-corrected chi connectivity index (χ2v) is 9.52. The summed E-state index contributed by atoms with van der Waals surface area (Å²) in [5.74, 6) is -1.55. The molecule has 1 saturated heterocycles. The summed E-state index contributed by atoms with van der Waals surface area (Å²) < 4.78 is 39.6. The molecule has 29 heavy (non-hydrogen) atoms. The van der Waals surface area contributed by atoms with Crippen molar-refractivity contribution in [3.63, 3.8) is 0 Å². The van der Waals surface area contributed by atoms with Crippen molar-refractivity contribution in [2.75, 3.05) is 18.4 Å². The summed E-state index contributed by atoms with van der Waals surface area (Å²) in [7, 11) is -3.73. The van der Waals surface area contributed by atoms with Crippen LogP contribution < -0.4 is 10.6 Å². The minimum absolute atomic E-state index is 0.0225. The number of sulfonamides is 1. The van der Waals surface area contributed by atoms with Crippen molar-refractivity contribution < 1.29 is 22.4 Å². The zero-order chi connectivity index (χ0) is 21.0. The van der Waals surface area contributed by atoms with Gasteiger partial charge in [0.2, 0.25) is 21.8 Å². The maximum Gasteiger partial charge on any atom is 0.248 e. The number of benzene rings is 1. The number of halogens is 1. The maximum atomic E-state index is 13.0. The summed E-state index contributed by atoms with van der Waals surface area (Å²) in [5.41, 5.74) is 0. The van der Waals surface area contributed by atoms with Gasteiger partial charge in [-0.25, -0.2) is 17.8 Å². The molecule has 1 aromatic carbocycles. The summed E-state index contributed by atoms with van der Waals surface area (Å²) in [5, 5.41) is 7.47. The number of thiazole rings is 1. The van der Waals surface area contributed by atoms with Crippen molar-refractivity contribution in [1.82, 2.24) is 14.6 Å². The predicted octanol–water partition coefficient (Wildman–Crippen LogP) is 1.83. The Morgan fingerprint density at radius 3 is 2.48 bits per heavy atom. The summed E-state index contributed by atoms with van der Waals surface area (Å²) in [4.78, 5) is 28.6. The molecule has 0 spiro atoms. The molecule has 156 valence electrons.